The van der Waals surface area contributed by atoms with Crippen LogP contribution in [-0.4, -0.2) is 47.4 Å². The highest BCUT2D eigenvalue weighted by molar-refractivity contribution is 5.79. The standard InChI is InChI=1S/C15H24N2O6/c1-7-21-13(22-7)8-5-9(12(16)19)11(10(18)6-8)17-14(20)23-15(2,3)4/h6-7,9-11,13,18H,5H2,1-4H3,(H2,16,19)(H,17,20)/t7?,9-,10+,11+,13?/m1/s1. The summed E-state index contributed by atoms with van der Waals surface area (Å²) < 4.78 is 15.9. The predicted molar refractivity (Wildman–Crippen MR) is 80.0 cm³/mol. The van der Waals surface area contributed by atoms with Crippen molar-refractivity contribution in [1.29, 1.82) is 0 Å². The van der Waals surface area contributed by atoms with Gasteiger partial charge in [0.05, 0.1) is 18.1 Å². The lowest BCUT2D eigenvalue weighted by Gasteiger charge is -2.40. The molecule has 2 rings (SSSR count). The molecule has 8 nitrogen and oxygen atoms in total. The van der Waals surface area contributed by atoms with Gasteiger partial charge in [-0.2, -0.15) is 0 Å². The Morgan fingerprint density at radius 1 is 1.39 bits per heavy atom. The first kappa shape index (κ1) is 17.7. The molecule has 1 fully saturated rings. The second-order valence-electron chi connectivity index (χ2n) is 6.79. The molecular formula is C15H24N2O6. The third kappa shape index (κ3) is 4.43. The van der Waals surface area contributed by atoms with Gasteiger partial charge in [-0.3, -0.25) is 4.79 Å². The Labute approximate surface area is 134 Å². The van der Waals surface area contributed by atoms with Crippen LogP contribution in [0.5, 0.6) is 0 Å². The number of hydrogen-bond acceptors (Lipinski definition) is 6. The Bertz CT molecular complexity index is 507. The summed E-state index contributed by atoms with van der Waals surface area (Å²) in [5, 5.41) is 12.8. The van der Waals surface area contributed by atoms with E-state index in [0.717, 1.165) is 0 Å². The number of aliphatic hydroxyl groups excluding tert-OH is 1. The number of aliphatic hydroxyl groups is 1. The van der Waals surface area contributed by atoms with E-state index in [0.29, 0.717) is 5.57 Å². The average molecular weight is 328 g/mol. The Morgan fingerprint density at radius 2 is 2.00 bits per heavy atom. The number of carbonyl (C=O) groups excluding carboxylic acids is 2. The Hall–Kier alpha value is -1.64. The molecule has 0 bridgehead atoms. The highest BCUT2D eigenvalue weighted by Crippen LogP contribution is 2.33. The van der Waals surface area contributed by atoms with Crippen molar-refractivity contribution < 1.29 is 28.9 Å². The van der Waals surface area contributed by atoms with Gasteiger partial charge in [0.1, 0.15) is 5.60 Å². The summed E-state index contributed by atoms with van der Waals surface area (Å²) in [5.41, 5.74) is 5.38. The van der Waals surface area contributed by atoms with Gasteiger partial charge in [0.2, 0.25) is 5.91 Å². The molecule has 0 aromatic carbocycles. The second kappa shape index (κ2) is 6.46. The van der Waals surface area contributed by atoms with Crippen molar-refractivity contribution in [3.63, 3.8) is 0 Å². The maximum absolute atomic E-state index is 11.9. The minimum absolute atomic E-state index is 0.240. The van der Waals surface area contributed by atoms with Crippen molar-refractivity contribution >= 4 is 12.0 Å². The molecule has 0 aromatic rings. The Morgan fingerprint density at radius 3 is 2.48 bits per heavy atom. The fraction of sp³-hybridized carbons (Fsp3) is 0.733. The van der Waals surface area contributed by atoms with Crippen molar-refractivity contribution in [2.24, 2.45) is 11.7 Å². The van der Waals surface area contributed by atoms with E-state index in [-0.39, 0.29) is 12.7 Å². The maximum Gasteiger partial charge on any atom is 0.407 e. The molecule has 0 radical (unpaired) electrons. The number of ether oxygens (including phenoxy) is 3. The van der Waals surface area contributed by atoms with E-state index in [4.69, 9.17) is 19.9 Å². The third-order valence-electron chi connectivity index (χ3n) is 3.62. The maximum atomic E-state index is 11.9. The van der Waals surface area contributed by atoms with E-state index >= 15 is 0 Å². The van der Waals surface area contributed by atoms with Crippen LogP contribution in [0.3, 0.4) is 0 Å². The molecule has 0 saturated carbocycles. The number of nitrogens with one attached hydrogen (secondary N) is 1. The molecule has 8 heteroatoms. The molecule has 3 atom stereocenters. The SMILES string of the molecule is CC1OC(C2=C[C@H](O)[C@@H](NC(=O)OC(C)(C)C)[C@H](C(N)=O)C2)O1. The number of hydrogen-bond donors (Lipinski definition) is 3. The van der Waals surface area contributed by atoms with Crippen LogP contribution in [0.25, 0.3) is 0 Å². The van der Waals surface area contributed by atoms with Crippen molar-refractivity contribution in [2.45, 2.75) is 64.4 Å². The van der Waals surface area contributed by atoms with Crippen LogP contribution in [0, 0.1) is 5.92 Å². The number of amides is 2. The Kier molecular flexibility index (Phi) is 4.98. The zero-order valence-corrected chi connectivity index (χ0v) is 13.7. The topological polar surface area (TPSA) is 120 Å². The van der Waals surface area contributed by atoms with Gasteiger partial charge >= 0.3 is 6.09 Å². The van der Waals surface area contributed by atoms with E-state index in [2.05, 4.69) is 5.32 Å². The van der Waals surface area contributed by atoms with Crippen LogP contribution < -0.4 is 11.1 Å². The minimum Gasteiger partial charge on any atom is -0.444 e. The smallest absolute Gasteiger partial charge is 0.407 e. The highest BCUT2D eigenvalue weighted by Gasteiger charge is 2.42. The van der Waals surface area contributed by atoms with Crippen LogP contribution in [0.1, 0.15) is 34.1 Å². The van der Waals surface area contributed by atoms with Gasteiger partial charge in [-0.05, 0) is 45.8 Å². The molecule has 130 valence electrons. The van der Waals surface area contributed by atoms with Gasteiger partial charge in [-0.1, -0.05) is 0 Å². The van der Waals surface area contributed by atoms with Crippen molar-refractivity contribution in [1.82, 2.24) is 5.32 Å². The van der Waals surface area contributed by atoms with Crippen LogP contribution in [0.2, 0.25) is 0 Å². The summed E-state index contributed by atoms with van der Waals surface area (Å²) in [4.78, 5) is 23.6. The largest absolute Gasteiger partial charge is 0.444 e. The van der Waals surface area contributed by atoms with E-state index in [1.165, 1.54) is 6.08 Å². The molecule has 1 aliphatic heterocycles. The molecule has 0 unspecified atom stereocenters. The summed E-state index contributed by atoms with van der Waals surface area (Å²) >= 11 is 0. The fourth-order valence-electron chi connectivity index (χ4n) is 2.63. The molecule has 1 saturated heterocycles. The molecule has 23 heavy (non-hydrogen) atoms. The number of carbonyl (C=O) groups is 2. The van der Waals surface area contributed by atoms with Gasteiger partial charge in [0, 0.05) is 0 Å². The number of primary amides is 1. The monoisotopic (exact) mass is 328 g/mol. The van der Waals surface area contributed by atoms with E-state index in [1.807, 2.05) is 0 Å². The highest BCUT2D eigenvalue weighted by atomic mass is 16.9. The molecule has 1 heterocycles. The van der Waals surface area contributed by atoms with Crippen LogP contribution >= 0.6 is 0 Å². The molecule has 2 aliphatic rings. The molecule has 2 amide bonds. The fourth-order valence-corrected chi connectivity index (χ4v) is 2.63. The summed E-state index contributed by atoms with van der Waals surface area (Å²) in [6.07, 6.45) is -0.935. The van der Waals surface area contributed by atoms with E-state index < -0.39 is 42.0 Å². The number of rotatable bonds is 3. The summed E-state index contributed by atoms with van der Waals surface area (Å²) in [6.45, 7) is 6.91. The van der Waals surface area contributed by atoms with Gasteiger partial charge in [-0.25, -0.2) is 4.79 Å². The lowest BCUT2D eigenvalue weighted by Crippen LogP contribution is -2.55. The van der Waals surface area contributed by atoms with E-state index in [1.54, 1.807) is 27.7 Å². The predicted octanol–water partition coefficient (Wildman–Crippen LogP) is 0.391. The van der Waals surface area contributed by atoms with Crippen molar-refractivity contribution in [3.05, 3.63) is 11.6 Å². The molecular weight excluding hydrogens is 304 g/mol. The normalized spacial score (nSPS) is 34.1. The zero-order chi connectivity index (χ0) is 17.4. The van der Waals surface area contributed by atoms with Crippen molar-refractivity contribution in [2.75, 3.05) is 0 Å². The zero-order valence-electron chi connectivity index (χ0n) is 13.7. The lowest BCUT2D eigenvalue weighted by atomic mass is 9.82. The van der Waals surface area contributed by atoms with Gasteiger partial charge in [-0.15, -0.1) is 0 Å². The minimum atomic E-state index is -1.09. The summed E-state index contributed by atoms with van der Waals surface area (Å²) in [5.74, 6) is -1.40. The first-order valence-electron chi connectivity index (χ1n) is 7.55. The van der Waals surface area contributed by atoms with E-state index in [9.17, 15) is 14.7 Å². The third-order valence-corrected chi connectivity index (χ3v) is 3.62. The van der Waals surface area contributed by atoms with Gasteiger partial charge in [0.25, 0.3) is 0 Å². The average Bonchev–Trinajstić information content (AvgIpc) is 2.34. The number of alkyl carbamates (subject to hydrolysis) is 1. The first-order valence-corrected chi connectivity index (χ1v) is 7.55. The molecule has 4 N–H and O–H groups in total. The van der Waals surface area contributed by atoms with Crippen LogP contribution in [0.4, 0.5) is 4.79 Å². The first-order chi connectivity index (χ1) is 10.6. The Balaban J connectivity index is 2.08. The van der Waals surface area contributed by atoms with Crippen LogP contribution in [0.15, 0.2) is 11.6 Å². The molecule has 1 aliphatic carbocycles. The molecule has 0 spiro atoms. The van der Waals surface area contributed by atoms with Gasteiger partial charge in [0.15, 0.2) is 12.6 Å². The second-order valence-corrected chi connectivity index (χ2v) is 6.79. The quantitative estimate of drug-likeness (QED) is 0.645. The van der Waals surface area contributed by atoms with Gasteiger partial charge < -0.3 is 30.4 Å². The number of nitrogens with two attached hydrogens (primary N) is 1. The van der Waals surface area contributed by atoms with Crippen LogP contribution in [-0.2, 0) is 19.0 Å². The molecule has 0 aromatic heterocycles. The lowest BCUT2D eigenvalue weighted by molar-refractivity contribution is -0.360. The summed E-state index contributed by atoms with van der Waals surface area (Å²) in [6, 6.07) is -0.858. The summed E-state index contributed by atoms with van der Waals surface area (Å²) in [7, 11) is 0. The van der Waals surface area contributed by atoms with Crippen molar-refractivity contribution in [3.8, 4) is 0 Å².